The van der Waals surface area contributed by atoms with Crippen LogP contribution in [0.4, 0.5) is 4.79 Å². The molecule has 0 saturated heterocycles. The fourth-order valence-electron chi connectivity index (χ4n) is 4.08. The first-order valence-electron chi connectivity index (χ1n) is 12.8. The molecule has 11 heteroatoms. The molecule has 2 amide bonds. The molecule has 0 fully saturated rings. The average molecular weight is 545 g/mol. The van der Waals surface area contributed by atoms with Crippen molar-refractivity contribution in [1.29, 1.82) is 0 Å². The number of nitrogens with zero attached hydrogens (tertiary/aromatic N) is 1. The van der Waals surface area contributed by atoms with Crippen molar-refractivity contribution < 1.29 is 43.2 Å². The number of hydrogen-bond donors (Lipinski definition) is 2. The van der Waals surface area contributed by atoms with E-state index in [4.69, 9.17) is 24.1 Å². The molecule has 0 radical (unpaired) electrons. The van der Waals surface area contributed by atoms with E-state index < -0.39 is 24.6 Å². The number of carboxylic acid groups (broad SMARTS) is 1. The molecule has 2 aromatic rings. The molecule has 0 bridgehead atoms. The molecule has 39 heavy (non-hydrogen) atoms. The first-order chi connectivity index (χ1) is 19.0. The molecule has 0 saturated carbocycles. The van der Waals surface area contributed by atoms with Gasteiger partial charge in [0.2, 0.25) is 5.91 Å². The third-order valence-corrected chi connectivity index (χ3v) is 5.99. The van der Waals surface area contributed by atoms with Crippen LogP contribution in [0.15, 0.2) is 48.5 Å². The van der Waals surface area contributed by atoms with Gasteiger partial charge in [0.1, 0.15) is 19.8 Å². The molecule has 3 rings (SSSR count). The van der Waals surface area contributed by atoms with Gasteiger partial charge in [0.15, 0.2) is 0 Å². The number of benzene rings is 2. The predicted octanol–water partition coefficient (Wildman–Crippen LogP) is 2.13. The number of carbonyl (C=O) groups is 3. The Morgan fingerprint density at radius 3 is 1.97 bits per heavy atom. The summed E-state index contributed by atoms with van der Waals surface area (Å²) >= 11 is 0. The molecule has 2 aromatic carbocycles. The van der Waals surface area contributed by atoms with Crippen molar-refractivity contribution in [2.75, 3.05) is 79.6 Å². The zero-order valence-electron chi connectivity index (χ0n) is 22.1. The Morgan fingerprint density at radius 2 is 1.36 bits per heavy atom. The van der Waals surface area contributed by atoms with Crippen LogP contribution < -0.4 is 5.32 Å². The fraction of sp³-hybridized carbons (Fsp3) is 0.464. The maximum absolute atomic E-state index is 12.5. The largest absolute Gasteiger partial charge is 0.480 e. The van der Waals surface area contributed by atoms with Gasteiger partial charge in [0.25, 0.3) is 0 Å². The maximum Gasteiger partial charge on any atom is 0.409 e. The zero-order valence-corrected chi connectivity index (χ0v) is 22.1. The molecular weight excluding hydrogens is 508 g/mol. The number of rotatable bonds is 18. The van der Waals surface area contributed by atoms with Gasteiger partial charge in [0, 0.05) is 26.1 Å². The predicted molar refractivity (Wildman–Crippen MR) is 142 cm³/mol. The van der Waals surface area contributed by atoms with Crippen LogP contribution in [0.2, 0.25) is 0 Å². The summed E-state index contributed by atoms with van der Waals surface area (Å²) in [7, 11) is 1.68. The van der Waals surface area contributed by atoms with Gasteiger partial charge < -0.3 is 39.0 Å². The summed E-state index contributed by atoms with van der Waals surface area (Å²) in [4.78, 5) is 35.7. The van der Waals surface area contributed by atoms with E-state index in [-0.39, 0.29) is 25.7 Å². The molecule has 0 aliphatic heterocycles. The van der Waals surface area contributed by atoms with E-state index in [9.17, 15) is 14.4 Å². The van der Waals surface area contributed by atoms with Crippen molar-refractivity contribution in [1.82, 2.24) is 10.2 Å². The smallest absolute Gasteiger partial charge is 0.409 e. The van der Waals surface area contributed by atoms with Crippen molar-refractivity contribution >= 4 is 18.0 Å². The second kappa shape index (κ2) is 16.5. The van der Waals surface area contributed by atoms with E-state index in [1.54, 1.807) is 7.05 Å². The Kier molecular flexibility index (Phi) is 12.7. The molecule has 0 spiro atoms. The Hall–Kier alpha value is -3.51. The van der Waals surface area contributed by atoms with E-state index in [0.717, 1.165) is 0 Å². The highest BCUT2D eigenvalue weighted by Gasteiger charge is 2.29. The van der Waals surface area contributed by atoms with Crippen molar-refractivity contribution in [3.63, 3.8) is 0 Å². The lowest BCUT2D eigenvalue weighted by molar-refractivity contribution is -0.143. The number of ether oxygens (including phenoxy) is 5. The third kappa shape index (κ3) is 9.95. The zero-order chi connectivity index (χ0) is 27.9. The van der Waals surface area contributed by atoms with E-state index in [0.29, 0.717) is 46.2 Å². The number of aliphatic carboxylic acids is 1. The second-order valence-electron chi connectivity index (χ2n) is 8.80. The van der Waals surface area contributed by atoms with Crippen LogP contribution in [0.1, 0.15) is 17.0 Å². The summed E-state index contributed by atoms with van der Waals surface area (Å²) in [6.07, 6.45) is -0.391. The number of fused-ring (bicyclic) bond motifs is 3. The van der Waals surface area contributed by atoms with Crippen molar-refractivity contribution in [2.24, 2.45) is 0 Å². The molecular formula is C28H36N2O9. The lowest BCUT2D eigenvalue weighted by Gasteiger charge is -2.19. The minimum atomic E-state index is -1.13. The van der Waals surface area contributed by atoms with Crippen molar-refractivity contribution in [3.8, 4) is 11.1 Å². The van der Waals surface area contributed by atoms with Crippen LogP contribution >= 0.6 is 0 Å². The van der Waals surface area contributed by atoms with Gasteiger partial charge in [-0.25, -0.2) is 9.59 Å². The average Bonchev–Trinajstić information content (AvgIpc) is 3.25. The SMILES string of the molecule is CN(CCOCCOCCOCCNC(=O)COCC(=O)O)C(=O)OCC1c2ccccc2-c2ccccc21. The van der Waals surface area contributed by atoms with E-state index in [2.05, 4.69) is 34.3 Å². The Balaban J connectivity index is 1.17. The van der Waals surface area contributed by atoms with Gasteiger partial charge >= 0.3 is 12.1 Å². The number of nitrogens with one attached hydrogen (secondary N) is 1. The van der Waals surface area contributed by atoms with Crippen LogP contribution in [0, 0.1) is 0 Å². The monoisotopic (exact) mass is 544 g/mol. The number of hydrogen-bond acceptors (Lipinski definition) is 8. The van der Waals surface area contributed by atoms with E-state index >= 15 is 0 Å². The minimum absolute atomic E-state index is 0.0240. The van der Waals surface area contributed by atoms with Crippen LogP contribution in [0.25, 0.3) is 11.1 Å². The van der Waals surface area contributed by atoms with Gasteiger partial charge in [-0.3, -0.25) is 4.79 Å². The Labute approximate surface area is 227 Å². The van der Waals surface area contributed by atoms with Gasteiger partial charge in [-0.15, -0.1) is 0 Å². The van der Waals surface area contributed by atoms with E-state index in [1.807, 2.05) is 24.3 Å². The maximum atomic E-state index is 12.5. The highest BCUT2D eigenvalue weighted by atomic mass is 16.6. The quantitative estimate of drug-likeness (QED) is 0.271. The molecule has 0 aromatic heterocycles. The molecule has 1 aliphatic carbocycles. The Bertz CT molecular complexity index is 1030. The summed E-state index contributed by atoms with van der Waals surface area (Å²) < 4.78 is 26.6. The van der Waals surface area contributed by atoms with Crippen LogP contribution in [0.5, 0.6) is 0 Å². The van der Waals surface area contributed by atoms with Crippen molar-refractivity contribution in [3.05, 3.63) is 59.7 Å². The number of carbonyl (C=O) groups excluding carboxylic acids is 2. The molecule has 1 aliphatic rings. The van der Waals surface area contributed by atoms with Gasteiger partial charge in [-0.1, -0.05) is 48.5 Å². The standard InChI is InChI=1S/C28H36N2O9/c1-30(11-13-36-15-17-37-16-14-35-12-10-29-26(31)19-38-20-27(32)33)28(34)39-18-25-23-8-4-2-6-21(23)22-7-3-5-9-24(22)25/h2-9,25H,10-20H2,1H3,(H,29,31)(H,32,33). The summed E-state index contributed by atoms with van der Waals surface area (Å²) in [6, 6.07) is 16.4. The molecule has 0 atom stereocenters. The molecule has 212 valence electrons. The second-order valence-corrected chi connectivity index (χ2v) is 8.80. The van der Waals surface area contributed by atoms with Gasteiger partial charge in [-0.2, -0.15) is 0 Å². The molecule has 0 heterocycles. The van der Waals surface area contributed by atoms with Crippen LogP contribution in [-0.4, -0.2) is 108 Å². The normalized spacial score (nSPS) is 12.0. The number of likely N-dealkylation sites (N-methyl/N-ethyl adjacent to an activating group) is 1. The molecule has 11 nitrogen and oxygen atoms in total. The van der Waals surface area contributed by atoms with E-state index in [1.165, 1.54) is 27.2 Å². The lowest BCUT2D eigenvalue weighted by atomic mass is 9.98. The first kappa shape index (κ1) is 30.0. The summed E-state index contributed by atoms with van der Waals surface area (Å²) in [5, 5.41) is 11.0. The third-order valence-electron chi connectivity index (χ3n) is 5.99. The highest BCUT2D eigenvalue weighted by Crippen LogP contribution is 2.44. The summed E-state index contributed by atoms with van der Waals surface area (Å²) in [5.74, 6) is -1.51. The van der Waals surface area contributed by atoms with Gasteiger partial charge in [0.05, 0.1) is 39.6 Å². The first-order valence-corrected chi connectivity index (χ1v) is 12.8. The summed E-state index contributed by atoms with van der Waals surface area (Å²) in [6.45, 7) is 2.29. The van der Waals surface area contributed by atoms with Crippen LogP contribution in [-0.2, 0) is 33.3 Å². The summed E-state index contributed by atoms with van der Waals surface area (Å²) in [5.41, 5.74) is 4.73. The number of carboxylic acids is 1. The highest BCUT2D eigenvalue weighted by molar-refractivity contribution is 5.79. The molecule has 0 unspecified atom stereocenters. The van der Waals surface area contributed by atoms with Crippen LogP contribution in [0.3, 0.4) is 0 Å². The lowest BCUT2D eigenvalue weighted by Crippen LogP contribution is -2.32. The number of amides is 2. The van der Waals surface area contributed by atoms with Gasteiger partial charge in [-0.05, 0) is 22.3 Å². The van der Waals surface area contributed by atoms with Crippen molar-refractivity contribution in [2.45, 2.75) is 5.92 Å². The molecule has 2 N–H and O–H groups in total. The minimum Gasteiger partial charge on any atom is -0.480 e. The Morgan fingerprint density at radius 1 is 0.795 bits per heavy atom. The topological polar surface area (TPSA) is 133 Å². The fourth-order valence-corrected chi connectivity index (χ4v) is 4.08.